The zero-order valence-electron chi connectivity index (χ0n) is 8.17. The molecule has 4 N–H and O–H groups in total. The Morgan fingerprint density at radius 3 is 3.07 bits per heavy atom. The molecule has 0 fully saturated rings. The number of carbonyl (C=O) groups excluding carboxylic acids is 1. The van der Waals surface area contributed by atoms with Crippen molar-refractivity contribution < 1.29 is 9.90 Å². The number of anilines is 1. The zero-order chi connectivity index (χ0) is 11.3. The number of thioether (sulfide) groups is 1. The van der Waals surface area contributed by atoms with Crippen molar-refractivity contribution >= 4 is 23.5 Å². The highest BCUT2D eigenvalue weighted by atomic mass is 32.2. The molecule has 15 heavy (non-hydrogen) atoms. The minimum absolute atomic E-state index is 0.0418. The van der Waals surface area contributed by atoms with Crippen LogP contribution in [-0.2, 0) is 4.79 Å². The lowest BCUT2D eigenvalue weighted by molar-refractivity contribution is -0.125. The highest BCUT2D eigenvalue weighted by Gasteiger charge is 2.10. The van der Waals surface area contributed by atoms with Crippen LogP contribution in [0.25, 0.3) is 0 Å². The van der Waals surface area contributed by atoms with Crippen LogP contribution in [-0.4, -0.2) is 39.9 Å². The number of carbonyl (C=O) groups is 1. The number of aromatic nitrogens is 2. The zero-order valence-corrected chi connectivity index (χ0v) is 8.99. The molecule has 0 aliphatic carbocycles. The third-order valence-corrected chi connectivity index (χ3v) is 2.30. The van der Waals surface area contributed by atoms with Gasteiger partial charge in [0.2, 0.25) is 5.91 Å². The van der Waals surface area contributed by atoms with Gasteiger partial charge in [0.25, 0.3) is 0 Å². The maximum Gasteiger partial charge on any atom is 0.248 e. The fourth-order valence-corrected chi connectivity index (χ4v) is 1.23. The second kappa shape index (κ2) is 5.52. The summed E-state index contributed by atoms with van der Waals surface area (Å²) in [5.74, 6) is -0.212. The third kappa shape index (κ3) is 3.72. The molecule has 0 aliphatic heterocycles. The number of primary amides is 1. The quantitative estimate of drug-likeness (QED) is 0.462. The summed E-state index contributed by atoms with van der Waals surface area (Å²) in [6.07, 6.45) is 2.09. The summed E-state index contributed by atoms with van der Waals surface area (Å²) in [5, 5.41) is 12.7. The Kier molecular flexibility index (Phi) is 4.32. The van der Waals surface area contributed by atoms with Crippen LogP contribution in [0.4, 0.5) is 5.82 Å². The fraction of sp³-hybridized carbons (Fsp3) is 0.375. The molecular weight excluding hydrogens is 216 g/mol. The van der Waals surface area contributed by atoms with E-state index in [0.717, 1.165) is 5.03 Å². The Morgan fingerprint density at radius 1 is 1.73 bits per heavy atom. The summed E-state index contributed by atoms with van der Waals surface area (Å²) < 4.78 is 0. The van der Waals surface area contributed by atoms with Gasteiger partial charge in [0.15, 0.2) is 0 Å². The summed E-state index contributed by atoms with van der Waals surface area (Å²) in [7, 11) is 0. The largest absolute Gasteiger partial charge is 0.381 e. The molecule has 0 saturated carbocycles. The van der Waals surface area contributed by atoms with E-state index in [1.165, 1.54) is 18.1 Å². The molecule has 0 saturated heterocycles. The van der Waals surface area contributed by atoms with Crippen molar-refractivity contribution in [3.05, 3.63) is 12.4 Å². The second-order valence-corrected chi connectivity index (χ2v) is 3.57. The predicted molar refractivity (Wildman–Crippen MR) is 57.5 cm³/mol. The predicted octanol–water partition coefficient (Wildman–Crippen LogP) is -0.543. The average Bonchev–Trinajstić information content (AvgIpc) is 2.26. The van der Waals surface area contributed by atoms with Gasteiger partial charge in [-0.05, 0) is 6.26 Å². The van der Waals surface area contributed by atoms with Crippen LogP contribution in [0.15, 0.2) is 17.4 Å². The second-order valence-electron chi connectivity index (χ2n) is 2.74. The molecule has 1 atom stereocenters. The smallest absolute Gasteiger partial charge is 0.248 e. The van der Waals surface area contributed by atoms with Crippen LogP contribution in [0.2, 0.25) is 0 Å². The summed E-state index contributed by atoms with van der Waals surface area (Å²) in [6.45, 7) is 0.0418. The Labute approximate surface area is 91.3 Å². The van der Waals surface area contributed by atoms with Gasteiger partial charge in [0, 0.05) is 6.07 Å². The van der Waals surface area contributed by atoms with Gasteiger partial charge < -0.3 is 16.2 Å². The van der Waals surface area contributed by atoms with Crippen molar-refractivity contribution in [2.24, 2.45) is 5.73 Å². The average molecular weight is 228 g/mol. The number of aliphatic hydroxyl groups excluding tert-OH is 1. The molecule has 0 radical (unpaired) electrons. The van der Waals surface area contributed by atoms with Crippen LogP contribution >= 0.6 is 11.8 Å². The van der Waals surface area contributed by atoms with Gasteiger partial charge in [-0.1, -0.05) is 0 Å². The lowest BCUT2D eigenvalue weighted by Crippen LogP contribution is -2.34. The standard InChI is InChI=1S/C8H12N4O2S/c1-15-7-2-6(11-4-12-7)10-3-5(13)8(9)14/h2,4-5,13H,3H2,1H3,(H2,9,14)(H,10,11,12). The molecule has 1 unspecified atom stereocenters. The summed E-state index contributed by atoms with van der Waals surface area (Å²) >= 11 is 1.48. The van der Waals surface area contributed by atoms with E-state index in [9.17, 15) is 4.79 Å². The van der Waals surface area contributed by atoms with E-state index in [1.807, 2.05) is 6.26 Å². The van der Waals surface area contributed by atoms with Crippen molar-refractivity contribution in [2.45, 2.75) is 11.1 Å². The van der Waals surface area contributed by atoms with Gasteiger partial charge in [0.1, 0.15) is 23.3 Å². The van der Waals surface area contributed by atoms with E-state index in [4.69, 9.17) is 10.8 Å². The first-order chi connectivity index (χ1) is 7.13. The molecule has 0 spiro atoms. The van der Waals surface area contributed by atoms with Crippen molar-refractivity contribution in [3.63, 3.8) is 0 Å². The monoisotopic (exact) mass is 228 g/mol. The SMILES string of the molecule is CSc1cc(NCC(O)C(N)=O)ncn1. The third-order valence-electron chi connectivity index (χ3n) is 1.66. The van der Waals surface area contributed by atoms with E-state index in [2.05, 4.69) is 15.3 Å². The van der Waals surface area contributed by atoms with E-state index in [1.54, 1.807) is 6.07 Å². The lowest BCUT2D eigenvalue weighted by atomic mass is 10.3. The van der Waals surface area contributed by atoms with Gasteiger partial charge in [-0.2, -0.15) is 0 Å². The molecule has 0 aliphatic rings. The van der Waals surface area contributed by atoms with Crippen molar-refractivity contribution in [1.29, 1.82) is 0 Å². The fourth-order valence-electron chi connectivity index (χ4n) is 0.850. The molecule has 7 heteroatoms. The number of amides is 1. The molecule has 0 bridgehead atoms. The number of aliphatic hydroxyl groups is 1. The Balaban J connectivity index is 2.53. The molecule has 1 rings (SSSR count). The molecule has 1 heterocycles. The maximum absolute atomic E-state index is 10.5. The van der Waals surface area contributed by atoms with Gasteiger partial charge in [-0.25, -0.2) is 9.97 Å². The van der Waals surface area contributed by atoms with Crippen molar-refractivity contribution in [3.8, 4) is 0 Å². The van der Waals surface area contributed by atoms with Gasteiger partial charge in [0.05, 0.1) is 6.54 Å². The minimum atomic E-state index is -1.21. The highest BCUT2D eigenvalue weighted by molar-refractivity contribution is 7.98. The Hall–Kier alpha value is -1.34. The van der Waals surface area contributed by atoms with E-state index >= 15 is 0 Å². The van der Waals surface area contributed by atoms with Crippen molar-refractivity contribution in [1.82, 2.24) is 9.97 Å². The van der Waals surface area contributed by atoms with Crippen LogP contribution in [0, 0.1) is 0 Å². The minimum Gasteiger partial charge on any atom is -0.381 e. The molecule has 1 aromatic rings. The molecule has 0 aromatic carbocycles. The number of rotatable bonds is 5. The van der Waals surface area contributed by atoms with Gasteiger partial charge >= 0.3 is 0 Å². The number of nitrogens with zero attached hydrogens (tertiary/aromatic N) is 2. The Bertz CT molecular complexity index is 347. The van der Waals surface area contributed by atoms with E-state index in [0.29, 0.717) is 5.82 Å². The first kappa shape index (κ1) is 11.7. The van der Waals surface area contributed by atoms with Crippen LogP contribution < -0.4 is 11.1 Å². The van der Waals surface area contributed by atoms with Crippen LogP contribution in [0.3, 0.4) is 0 Å². The summed E-state index contributed by atoms with van der Waals surface area (Å²) in [5.41, 5.74) is 4.89. The van der Waals surface area contributed by atoms with Gasteiger partial charge in [-0.15, -0.1) is 11.8 Å². The normalized spacial score (nSPS) is 12.1. The molecule has 1 aromatic heterocycles. The molecule has 82 valence electrons. The van der Waals surface area contributed by atoms with Crippen LogP contribution in [0.5, 0.6) is 0 Å². The van der Waals surface area contributed by atoms with Crippen LogP contribution in [0.1, 0.15) is 0 Å². The first-order valence-corrected chi connectivity index (χ1v) is 5.43. The number of hydrogen-bond acceptors (Lipinski definition) is 6. The van der Waals surface area contributed by atoms with Gasteiger partial charge in [-0.3, -0.25) is 4.79 Å². The first-order valence-electron chi connectivity index (χ1n) is 4.20. The summed E-state index contributed by atoms with van der Waals surface area (Å²) in [6, 6.07) is 1.72. The highest BCUT2D eigenvalue weighted by Crippen LogP contribution is 2.13. The number of hydrogen-bond donors (Lipinski definition) is 3. The molecule has 6 nitrogen and oxygen atoms in total. The van der Waals surface area contributed by atoms with Crippen molar-refractivity contribution in [2.75, 3.05) is 18.1 Å². The number of nitrogens with two attached hydrogens (primary N) is 1. The molecular formula is C8H12N4O2S. The van der Waals surface area contributed by atoms with E-state index in [-0.39, 0.29) is 6.54 Å². The molecule has 1 amide bonds. The Morgan fingerprint density at radius 2 is 2.47 bits per heavy atom. The lowest BCUT2D eigenvalue weighted by Gasteiger charge is -2.08. The topological polar surface area (TPSA) is 101 Å². The number of nitrogens with one attached hydrogen (secondary N) is 1. The summed E-state index contributed by atoms with van der Waals surface area (Å²) in [4.78, 5) is 18.4. The maximum atomic E-state index is 10.5. The van der Waals surface area contributed by atoms with E-state index < -0.39 is 12.0 Å².